The number of hydrogen-bond donors (Lipinski definition) is 1. The van der Waals surface area contributed by atoms with Gasteiger partial charge in [0, 0.05) is 48.3 Å². The van der Waals surface area contributed by atoms with Gasteiger partial charge >= 0.3 is 0 Å². The summed E-state index contributed by atoms with van der Waals surface area (Å²) in [5.41, 5.74) is 3.64. The summed E-state index contributed by atoms with van der Waals surface area (Å²) < 4.78 is 19.1. The van der Waals surface area contributed by atoms with Gasteiger partial charge in [-0.05, 0) is 37.3 Å². The number of benzene rings is 2. The Balaban J connectivity index is 1.47. The minimum Gasteiger partial charge on any atom is -0.497 e. The van der Waals surface area contributed by atoms with Gasteiger partial charge in [-0.15, -0.1) is 0 Å². The van der Waals surface area contributed by atoms with Crippen LogP contribution < -0.4 is 14.5 Å². The molecule has 1 atom stereocenters. The van der Waals surface area contributed by atoms with Crippen LogP contribution in [0.25, 0.3) is 21.9 Å². The smallest absolute Gasteiger partial charge is 0.156 e. The van der Waals surface area contributed by atoms with Crippen molar-refractivity contribution in [2.75, 3.05) is 36.5 Å². The normalized spacial score (nSPS) is 17.3. The number of halogens is 1. The summed E-state index contributed by atoms with van der Waals surface area (Å²) in [4.78, 5) is 17.0. The van der Waals surface area contributed by atoms with Crippen molar-refractivity contribution < 1.29 is 9.13 Å². The number of anilines is 2. The van der Waals surface area contributed by atoms with E-state index in [0.717, 1.165) is 58.8 Å². The predicted octanol–water partition coefficient (Wildman–Crippen LogP) is 3.97. The number of nitrogens with one attached hydrogen (secondary N) is 1. The zero-order chi connectivity index (χ0) is 20.0. The van der Waals surface area contributed by atoms with Crippen molar-refractivity contribution >= 4 is 33.4 Å². The van der Waals surface area contributed by atoms with E-state index in [1.807, 2.05) is 12.1 Å². The largest absolute Gasteiger partial charge is 0.497 e. The summed E-state index contributed by atoms with van der Waals surface area (Å²) in [6, 6.07) is 13.2. The van der Waals surface area contributed by atoms with Crippen molar-refractivity contribution in [2.45, 2.75) is 13.0 Å². The van der Waals surface area contributed by atoms with E-state index in [4.69, 9.17) is 4.74 Å². The molecule has 148 valence electrons. The van der Waals surface area contributed by atoms with Gasteiger partial charge in [-0.3, -0.25) is 0 Å². The monoisotopic (exact) mass is 391 g/mol. The van der Waals surface area contributed by atoms with Gasteiger partial charge in [0.25, 0.3) is 0 Å². The number of aromatic nitrogens is 3. The average Bonchev–Trinajstić information content (AvgIpc) is 3.11. The highest BCUT2D eigenvalue weighted by Gasteiger charge is 2.27. The minimum atomic E-state index is -0.265. The first-order valence-corrected chi connectivity index (χ1v) is 9.71. The van der Waals surface area contributed by atoms with Crippen LogP contribution >= 0.6 is 0 Å². The summed E-state index contributed by atoms with van der Waals surface area (Å²) >= 11 is 0. The van der Waals surface area contributed by atoms with Gasteiger partial charge < -0.3 is 19.5 Å². The fraction of sp³-hybridized carbons (Fsp3) is 0.273. The zero-order valence-electron chi connectivity index (χ0n) is 16.4. The number of rotatable bonds is 3. The van der Waals surface area contributed by atoms with E-state index in [-0.39, 0.29) is 5.82 Å². The maximum atomic E-state index is 13.7. The van der Waals surface area contributed by atoms with Crippen LogP contribution in [0.5, 0.6) is 5.75 Å². The lowest BCUT2D eigenvalue weighted by Crippen LogP contribution is -2.52. The molecule has 1 N–H and O–H groups in total. The van der Waals surface area contributed by atoms with Gasteiger partial charge in [-0.1, -0.05) is 6.07 Å². The second-order valence-corrected chi connectivity index (χ2v) is 7.43. The van der Waals surface area contributed by atoms with E-state index >= 15 is 0 Å². The average molecular weight is 391 g/mol. The molecule has 2 aromatic heterocycles. The molecule has 1 fully saturated rings. The second-order valence-electron chi connectivity index (χ2n) is 7.43. The van der Waals surface area contributed by atoms with Crippen LogP contribution in [0.15, 0.2) is 48.8 Å². The Bertz CT molecular complexity index is 1190. The van der Waals surface area contributed by atoms with E-state index in [2.05, 4.69) is 43.8 Å². The number of ether oxygens (including phenoxy) is 1. The van der Waals surface area contributed by atoms with Crippen molar-refractivity contribution in [3.05, 3.63) is 54.6 Å². The van der Waals surface area contributed by atoms with Crippen LogP contribution in [0.4, 0.5) is 15.9 Å². The topological polar surface area (TPSA) is 57.3 Å². The second kappa shape index (κ2) is 6.92. The highest BCUT2D eigenvalue weighted by molar-refractivity contribution is 6.08. The molecule has 0 bridgehead atoms. The van der Waals surface area contributed by atoms with Gasteiger partial charge in [0.1, 0.15) is 28.9 Å². The highest BCUT2D eigenvalue weighted by Crippen LogP contribution is 2.32. The van der Waals surface area contributed by atoms with Gasteiger partial charge in [0.05, 0.1) is 7.11 Å². The molecular weight excluding hydrogens is 369 g/mol. The lowest BCUT2D eigenvalue weighted by molar-refractivity contribution is 0.414. The number of aromatic amines is 1. The highest BCUT2D eigenvalue weighted by atomic mass is 19.1. The number of methoxy groups -OCH3 is 1. The number of H-pyrrole nitrogens is 1. The maximum Gasteiger partial charge on any atom is 0.156 e. The standard InChI is InChI=1S/C22H22FN5O/c1-14-12-27(8-9-28(14)16-4-3-5-17(11-16)29-2)22-21-20(24-13-25-22)18-10-15(23)6-7-19(18)26-21/h3-7,10-11,13-14,26H,8-9,12H2,1-2H3/t14-/m1/s1. The molecule has 0 saturated carbocycles. The number of piperazine rings is 1. The van der Waals surface area contributed by atoms with E-state index in [9.17, 15) is 4.39 Å². The predicted molar refractivity (Wildman–Crippen MR) is 113 cm³/mol. The first-order chi connectivity index (χ1) is 14.1. The Morgan fingerprint density at radius 3 is 2.86 bits per heavy atom. The van der Waals surface area contributed by atoms with Gasteiger partial charge in [0.2, 0.25) is 0 Å². The molecule has 5 rings (SSSR count). The Morgan fingerprint density at radius 1 is 1.14 bits per heavy atom. The van der Waals surface area contributed by atoms with Crippen molar-refractivity contribution in [1.29, 1.82) is 0 Å². The third kappa shape index (κ3) is 3.03. The number of fused-ring (bicyclic) bond motifs is 3. The first kappa shape index (κ1) is 17.7. The molecule has 1 saturated heterocycles. The molecule has 2 aromatic carbocycles. The fourth-order valence-electron chi connectivity index (χ4n) is 4.21. The summed E-state index contributed by atoms with van der Waals surface area (Å²) in [6.45, 7) is 4.74. The fourth-order valence-corrected chi connectivity index (χ4v) is 4.21. The molecule has 4 aromatic rings. The Labute approximate surface area is 167 Å². The van der Waals surface area contributed by atoms with E-state index in [0.29, 0.717) is 6.04 Å². The Morgan fingerprint density at radius 2 is 2.03 bits per heavy atom. The van der Waals surface area contributed by atoms with Crippen LogP contribution in [-0.4, -0.2) is 47.7 Å². The van der Waals surface area contributed by atoms with Crippen LogP contribution in [-0.2, 0) is 0 Å². The summed E-state index contributed by atoms with van der Waals surface area (Å²) in [5.74, 6) is 1.46. The molecule has 29 heavy (non-hydrogen) atoms. The molecule has 0 spiro atoms. The van der Waals surface area contributed by atoms with Crippen molar-refractivity contribution in [3.63, 3.8) is 0 Å². The third-order valence-corrected chi connectivity index (χ3v) is 5.64. The Hall–Kier alpha value is -3.35. The van der Waals surface area contributed by atoms with Crippen molar-refractivity contribution in [1.82, 2.24) is 15.0 Å². The number of hydrogen-bond acceptors (Lipinski definition) is 5. The van der Waals surface area contributed by atoms with E-state index in [1.165, 1.54) is 12.1 Å². The molecule has 0 radical (unpaired) electrons. The van der Waals surface area contributed by atoms with Crippen LogP contribution in [0.1, 0.15) is 6.92 Å². The summed E-state index contributed by atoms with van der Waals surface area (Å²) in [6.07, 6.45) is 1.56. The van der Waals surface area contributed by atoms with Crippen LogP contribution in [0.2, 0.25) is 0 Å². The molecule has 1 aliphatic heterocycles. The molecule has 7 heteroatoms. The zero-order valence-corrected chi connectivity index (χ0v) is 16.4. The van der Waals surface area contributed by atoms with Crippen LogP contribution in [0.3, 0.4) is 0 Å². The SMILES string of the molecule is COc1cccc(N2CCN(c3ncnc4c3[nH]c3ccc(F)cc34)C[C@H]2C)c1. The first-order valence-electron chi connectivity index (χ1n) is 9.71. The summed E-state index contributed by atoms with van der Waals surface area (Å²) in [5, 5.41) is 0.784. The van der Waals surface area contributed by atoms with Gasteiger partial charge in [-0.2, -0.15) is 0 Å². The lowest BCUT2D eigenvalue weighted by Gasteiger charge is -2.41. The quantitative estimate of drug-likeness (QED) is 0.573. The molecule has 0 aliphatic carbocycles. The van der Waals surface area contributed by atoms with Crippen molar-refractivity contribution in [3.8, 4) is 5.75 Å². The van der Waals surface area contributed by atoms with Gasteiger partial charge in [0.15, 0.2) is 5.82 Å². The lowest BCUT2D eigenvalue weighted by atomic mass is 10.1. The molecule has 1 aliphatic rings. The van der Waals surface area contributed by atoms with Gasteiger partial charge in [-0.25, -0.2) is 14.4 Å². The molecule has 3 heterocycles. The number of nitrogens with zero attached hydrogens (tertiary/aromatic N) is 4. The Kier molecular flexibility index (Phi) is 4.23. The summed E-state index contributed by atoms with van der Waals surface area (Å²) in [7, 11) is 1.69. The molecular formula is C22H22FN5O. The third-order valence-electron chi connectivity index (χ3n) is 5.64. The molecule has 0 unspecified atom stereocenters. The van der Waals surface area contributed by atoms with Crippen molar-refractivity contribution in [2.24, 2.45) is 0 Å². The van der Waals surface area contributed by atoms with Crippen LogP contribution in [0, 0.1) is 5.82 Å². The minimum absolute atomic E-state index is 0.265. The maximum absolute atomic E-state index is 13.7. The van der Waals surface area contributed by atoms with E-state index < -0.39 is 0 Å². The molecule has 0 amide bonds. The molecule has 6 nitrogen and oxygen atoms in total. The van der Waals surface area contributed by atoms with E-state index in [1.54, 1.807) is 19.5 Å².